The molecule has 0 radical (unpaired) electrons. The van der Waals surface area contributed by atoms with E-state index in [1.807, 2.05) is 25.7 Å². The minimum absolute atomic E-state index is 0.00423. The summed E-state index contributed by atoms with van der Waals surface area (Å²) in [7, 11) is -0.722. The highest BCUT2D eigenvalue weighted by Crippen LogP contribution is 2.34. The van der Waals surface area contributed by atoms with Gasteiger partial charge in [-0.2, -0.15) is 0 Å². The van der Waals surface area contributed by atoms with Gasteiger partial charge < -0.3 is 14.7 Å². The molecule has 0 aromatic heterocycles. The number of halogens is 2. The van der Waals surface area contributed by atoms with Crippen LogP contribution in [-0.2, 0) is 27.2 Å². The number of Topliss-reactive ketones (excluding diaryl/α,β-unsaturated/α-hetero) is 1. The predicted molar refractivity (Wildman–Crippen MR) is 131 cm³/mol. The molecule has 0 saturated heterocycles. The van der Waals surface area contributed by atoms with Crippen LogP contribution in [-0.4, -0.2) is 49.4 Å². The number of nitrogens with zero attached hydrogens (tertiary/aromatic N) is 1. The van der Waals surface area contributed by atoms with Gasteiger partial charge in [0.25, 0.3) is 0 Å². The van der Waals surface area contributed by atoms with Crippen LogP contribution in [0.15, 0.2) is 30.3 Å². The van der Waals surface area contributed by atoms with E-state index in [1.54, 1.807) is 19.2 Å². The Balaban J connectivity index is 1.93. The van der Waals surface area contributed by atoms with E-state index in [0.29, 0.717) is 17.7 Å². The molecule has 0 unspecified atom stereocenters. The van der Waals surface area contributed by atoms with Crippen molar-refractivity contribution in [2.45, 2.75) is 57.8 Å². The Morgan fingerprint density at radius 1 is 1.09 bits per heavy atom. The first kappa shape index (κ1) is 26.5. The fourth-order valence-corrected chi connectivity index (χ4v) is 6.20. The molecule has 0 spiro atoms. The van der Waals surface area contributed by atoms with E-state index in [4.69, 9.17) is 9.84 Å². The molecule has 9 heteroatoms. The lowest BCUT2D eigenvalue weighted by Crippen LogP contribution is -2.44. The van der Waals surface area contributed by atoms with Crippen molar-refractivity contribution in [1.82, 2.24) is 4.90 Å². The number of carbonyl (C=O) groups is 3. The van der Waals surface area contributed by atoms with Gasteiger partial charge in [-0.25, -0.2) is 8.78 Å². The van der Waals surface area contributed by atoms with E-state index < -0.39 is 31.7 Å². The molecule has 1 aliphatic rings. The van der Waals surface area contributed by atoms with Crippen LogP contribution in [0.2, 0.25) is 19.6 Å². The van der Waals surface area contributed by atoms with E-state index >= 15 is 0 Å². The monoisotopic (exact) mass is 503 g/mol. The summed E-state index contributed by atoms with van der Waals surface area (Å²) in [6.07, 6.45) is 0.281. The molecule has 35 heavy (non-hydrogen) atoms. The molecule has 2 aromatic rings. The van der Waals surface area contributed by atoms with Gasteiger partial charge in [0.1, 0.15) is 23.4 Å². The van der Waals surface area contributed by atoms with Crippen molar-refractivity contribution >= 4 is 30.9 Å². The van der Waals surface area contributed by atoms with Crippen molar-refractivity contribution in [2.75, 3.05) is 13.7 Å². The number of benzene rings is 2. The molecule has 3 rings (SSSR count). The SMILES string of the molecule is COc1ccc2c(c1)CCN(C(=O)CCCC(=O)O)[C@H]2C(=O)Cc1cc(F)c([Si](C)(C)C)c(F)c1. The Labute approximate surface area is 204 Å². The maximum Gasteiger partial charge on any atom is 0.303 e. The molecule has 0 saturated carbocycles. The Hall–Kier alpha value is -3.07. The minimum Gasteiger partial charge on any atom is -0.497 e. The highest BCUT2D eigenvalue weighted by Gasteiger charge is 2.36. The van der Waals surface area contributed by atoms with Crippen LogP contribution in [0, 0.1) is 11.6 Å². The molecule has 188 valence electrons. The molecule has 1 N–H and O–H groups in total. The fourth-order valence-electron chi connectivity index (χ4n) is 4.62. The van der Waals surface area contributed by atoms with Gasteiger partial charge in [-0.1, -0.05) is 25.7 Å². The van der Waals surface area contributed by atoms with Crippen LogP contribution in [0.25, 0.3) is 0 Å². The summed E-state index contributed by atoms with van der Waals surface area (Å²) in [6, 6.07) is 6.77. The summed E-state index contributed by atoms with van der Waals surface area (Å²) in [4.78, 5) is 38.8. The van der Waals surface area contributed by atoms with Gasteiger partial charge in [0.05, 0.1) is 15.2 Å². The van der Waals surface area contributed by atoms with Gasteiger partial charge in [0, 0.05) is 31.0 Å². The van der Waals surface area contributed by atoms with E-state index in [9.17, 15) is 23.2 Å². The summed E-state index contributed by atoms with van der Waals surface area (Å²) >= 11 is 0. The maximum absolute atomic E-state index is 14.8. The second-order valence-corrected chi connectivity index (χ2v) is 14.9. The molecule has 6 nitrogen and oxygen atoms in total. The first-order valence-corrected chi connectivity index (χ1v) is 15.1. The Kier molecular flexibility index (Phi) is 8.10. The maximum atomic E-state index is 14.8. The molecule has 1 aliphatic heterocycles. The number of fused-ring (bicyclic) bond motifs is 1. The molecular formula is C26H31F2NO5Si. The lowest BCUT2D eigenvalue weighted by atomic mass is 9.87. The quantitative estimate of drug-likeness (QED) is 0.523. The van der Waals surface area contributed by atoms with Gasteiger partial charge in [0.15, 0.2) is 5.78 Å². The third-order valence-electron chi connectivity index (χ3n) is 6.22. The third kappa shape index (κ3) is 6.14. The zero-order valence-electron chi connectivity index (χ0n) is 20.5. The summed E-state index contributed by atoms with van der Waals surface area (Å²) in [5, 5.41) is 8.98. The van der Waals surface area contributed by atoms with Gasteiger partial charge in [-0.05, 0) is 53.8 Å². The van der Waals surface area contributed by atoms with Crippen molar-refractivity contribution in [3.8, 4) is 5.75 Å². The Morgan fingerprint density at radius 3 is 2.31 bits per heavy atom. The molecule has 1 heterocycles. The van der Waals surface area contributed by atoms with Crippen LogP contribution in [0.3, 0.4) is 0 Å². The van der Waals surface area contributed by atoms with Gasteiger partial charge >= 0.3 is 5.97 Å². The highest BCUT2D eigenvalue weighted by atomic mass is 28.3. The van der Waals surface area contributed by atoms with E-state index in [-0.39, 0.29) is 54.7 Å². The van der Waals surface area contributed by atoms with Crippen LogP contribution >= 0.6 is 0 Å². The predicted octanol–water partition coefficient (Wildman–Crippen LogP) is 4.01. The number of ketones is 1. The molecule has 1 atom stereocenters. The number of carboxylic acid groups (broad SMARTS) is 1. The number of hydrogen-bond donors (Lipinski definition) is 1. The summed E-state index contributed by atoms with van der Waals surface area (Å²) in [5.74, 6) is -2.35. The van der Waals surface area contributed by atoms with E-state index in [1.165, 1.54) is 17.0 Å². The van der Waals surface area contributed by atoms with Crippen molar-refractivity contribution in [2.24, 2.45) is 0 Å². The molecule has 0 aliphatic carbocycles. The number of amides is 1. The Bertz CT molecular complexity index is 1120. The lowest BCUT2D eigenvalue weighted by Gasteiger charge is -2.37. The fraction of sp³-hybridized carbons (Fsp3) is 0.423. The average Bonchev–Trinajstić information content (AvgIpc) is 2.75. The topological polar surface area (TPSA) is 83.9 Å². The second-order valence-electron chi connectivity index (χ2n) is 9.88. The first-order valence-electron chi connectivity index (χ1n) is 11.6. The number of carboxylic acids is 1. The van der Waals surface area contributed by atoms with Crippen LogP contribution in [0.1, 0.15) is 42.0 Å². The van der Waals surface area contributed by atoms with Gasteiger partial charge in [0.2, 0.25) is 5.91 Å². The average molecular weight is 504 g/mol. The first-order chi connectivity index (χ1) is 16.4. The zero-order valence-corrected chi connectivity index (χ0v) is 21.5. The zero-order chi connectivity index (χ0) is 25.9. The van der Waals surface area contributed by atoms with Crippen molar-refractivity contribution in [1.29, 1.82) is 0 Å². The van der Waals surface area contributed by atoms with Crippen molar-refractivity contribution in [3.63, 3.8) is 0 Å². The van der Waals surface area contributed by atoms with E-state index in [2.05, 4.69) is 0 Å². The van der Waals surface area contributed by atoms with Crippen molar-refractivity contribution < 1.29 is 33.0 Å². The lowest BCUT2D eigenvalue weighted by molar-refractivity contribution is -0.141. The number of methoxy groups -OCH3 is 1. The van der Waals surface area contributed by atoms with Gasteiger partial charge in [-0.15, -0.1) is 0 Å². The number of aliphatic carboxylic acids is 1. The second kappa shape index (κ2) is 10.7. The van der Waals surface area contributed by atoms with Crippen LogP contribution in [0.4, 0.5) is 8.78 Å². The normalized spacial score (nSPS) is 15.5. The number of ether oxygens (including phenoxy) is 1. The molecule has 0 bridgehead atoms. The molecule has 1 amide bonds. The summed E-state index contributed by atoms with van der Waals surface area (Å²) in [5.41, 5.74) is 1.72. The molecular weight excluding hydrogens is 472 g/mol. The number of rotatable bonds is 9. The standard InChI is InChI=1S/C26H31F2NO5Si/c1-34-18-8-9-19-17(15-18)10-11-29(23(31)6-5-7-24(32)33)25(19)22(30)14-16-12-20(27)26(21(28)13-16)35(2,3)4/h8-9,12-13,15,25H,5-7,10-11,14H2,1-4H3,(H,32,33)/t25-/m1/s1. The van der Waals surface area contributed by atoms with Crippen molar-refractivity contribution in [3.05, 3.63) is 58.7 Å². The third-order valence-corrected chi connectivity index (χ3v) is 8.19. The summed E-state index contributed by atoms with van der Waals surface area (Å²) < 4.78 is 34.9. The minimum atomic E-state index is -2.26. The summed E-state index contributed by atoms with van der Waals surface area (Å²) in [6.45, 7) is 5.82. The van der Waals surface area contributed by atoms with E-state index in [0.717, 1.165) is 5.56 Å². The van der Waals surface area contributed by atoms with Crippen LogP contribution < -0.4 is 9.92 Å². The van der Waals surface area contributed by atoms with Crippen LogP contribution in [0.5, 0.6) is 5.75 Å². The number of carbonyl (C=O) groups excluding carboxylic acids is 2. The molecule has 0 fully saturated rings. The largest absolute Gasteiger partial charge is 0.497 e. The van der Waals surface area contributed by atoms with Gasteiger partial charge in [-0.3, -0.25) is 14.4 Å². The smallest absolute Gasteiger partial charge is 0.303 e. The highest BCUT2D eigenvalue weighted by molar-refractivity contribution is 6.88. The molecule has 2 aromatic carbocycles. The Morgan fingerprint density at radius 2 is 1.74 bits per heavy atom. The number of hydrogen-bond acceptors (Lipinski definition) is 4.